The topological polar surface area (TPSA) is 50.4 Å². The van der Waals surface area contributed by atoms with E-state index in [0.717, 1.165) is 12.3 Å². The molecule has 0 radical (unpaired) electrons. The zero-order chi connectivity index (χ0) is 14.9. The molecular weight excluding hydrogens is 291 g/mol. The molecule has 0 saturated carbocycles. The molecule has 21 heavy (non-hydrogen) atoms. The van der Waals surface area contributed by atoms with E-state index in [9.17, 15) is 9.18 Å². The van der Waals surface area contributed by atoms with Crippen LogP contribution in [0.1, 0.15) is 12.0 Å². The van der Waals surface area contributed by atoms with Gasteiger partial charge in [-0.25, -0.2) is 4.39 Å². The van der Waals surface area contributed by atoms with Crippen molar-refractivity contribution in [3.8, 4) is 0 Å². The van der Waals surface area contributed by atoms with Crippen molar-refractivity contribution in [3.05, 3.63) is 35.6 Å². The third-order valence-electron chi connectivity index (χ3n) is 3.21. The molecule has 1 amide bonds. The summed E-state index contributed by atoms with van der Waals surface area (Å²) in [5.74, 6) is 1.26. The number of carbonyl (C=O) groups is 1. The normalized spacial score (nSPS) is 18.4. The molecule has 6 heteroatoms. The smallest absolute Gasteiger partial charge is 0.221 e. The van der Waals surface area contributed by atoms with Gasteiger partial charge in [0, 0.05) is 37.1 Å². The summed E-state index contributed by atoms with van der Waals surface area (Å²) in [4.78, 5) is 11.7. The van der Waals surface area contributed by atoms with E-state index < -0.39 is 0 Å². The minimum Gasteiger partial charge on any atom is -0.378 e. The lowest BCUT2D eigenvalue weighted by atomic mass is 10.2. The summed E-state index contributed by atoms with van der Waals surface area (Å²) in [6, 6.07) is 6.89. The fraction of sp³-hybridized carbons (Fsp3) is 0.533. The molecule has 0 aliphatic carbocycles. The van der Waals surface area contributed by atoms with E-state index in [1.165, 1.54) is 6.07 Å². The van der Waals surface area contributed by atoms with Gasteiger partial charge in [0.2, 0.25) is 5.91 Å². The number of halogens is 1. The predicted molar refractivity (Wildman–Crippen MR) is 82.8 cm³/mol. The lowest BCUT2D eigenvalue weighted by Crippen LogP contribution is -2.44. The number of thioether (sulfide) groups is 1. The predicted octanol–water partition coefficient (Wildman–Crippen LogP) is 1.55. The van der Waals surface area contributed by atoms with Gasteiger partial charge in [0.05, 0.1) is 13.2 Å². The Morgan fingerprint density at radius 3 is 3.10 bits per heavy atom. The first-order chi connectivity index (χ1) is 10.3. The van der Waals surface area contributed by atoms with Gasteiger partial charge in [0.15, 0.2) is 0 Å². The molecule has 1 saturated heterocycles. The Morgan fingerprint density at radius 1 is 1.48 bits per heavy atom. The van der Waals surface area contributed by atoms with Crippen LogP contribution in [0.4, 0.5) is 4.39 Å². The Balaban J connectivity index is 1.55. The Hall–Kier alpha value is -1.11. The Kier molecular flexibility index (Phi) is 6.99. The molecule has 1 atom stereocenters. The third-order valence-corrected chi connectivity index (χ3v) is 4.22. The average molecular weight is 312 g/mol. The van der Waals surface area contributed by atoms with Crippen molar-refractivity contribution in [3.63, 3.8) is 0 Å². The molecule has 1 heterocycles. The standard InChI is InChI=1S/C15H21FN2O2S/c16-14-4-2-1-3-12(14)11-21-8-6-18-15(19)9-13-10-20-7-5-17-13/h1-4,13,17H,5-11H2,(H,18,19). The third kappa shape index (κ3) is 6.03. The number of ether oxygens (including phenoxy) is 1. The van der Waals surface area contributed by atoms with Crippen molar-refractivity contribution < 1.29 is 13.9 Å². The molecule has 2 N–H and O–H groups in total. The fourth-order valence-corrected chi connectivity index (χ4v) is 2.95. The molecule has 1 fully saturated rings. The van der Waals surface area contributed by atoms with E-state index in [2.05, 4.69) is 10.6 Å². The van der Waals surface area contributed by atoms with E-state index in [1.54, 1.807) is 23.9 Å². The van der Waals surface area contributed by atoms with Gasteiger partial charge in [-0.1, -0.05) is 18.2 Å². The van der Waals surface area contributed by atoms with Crippen LogP contribution in [0.2, 0.25) is 0 Å². The van der Waals surface area contributed by atoms with Crippen LogP contribution in [-0.4, -0.2) is 44.0 Å². The zero-order valence-corrected chi connectivity index (χ0v) is 12.8. The van der Waals surface area contributed by atoms with E-state index in [0.29, 0.717) is 37.5 Å². The van der Waals surface area contributed by atoms with E-state index in [1.807, 2.05) is 6.07 Å². The molecule has 0 aromatic heterocycles. The summed E-state index contributed by atoms with van der Waals surface area (Å²) >= 11 is 1.61. The van der Waals surface area contributed by atoms with Gasteiger partial charge in [-0.05, 0) is 11.6 Å². The number of rotatable bonds is 7. The summed E-state index contributed by atoms with van der Waals surface area (Å²) < 4.78 is 18.7. The Bertz CT molecular complexity index is 453. The maximum Gasteiger partial charge on any atom is 0.221 e. The average Bonchev–Trinajstić information content (AvgIpc) is 2.50. The monoisotopic (exact) mass is 312 g/mol. The van der Waals surface area contributed by atoms with Gasteiger partial charge < -0.3 is 15.4 Å². The second-order valence-electron chi connectivity index (χ2n) is 4.92. The molecule has 1 aromatic carbocycles. The zero-order valence-electron chi connectivity index (χ0n) is 11.9. The van der Waals surface area contributed by atoms with Crippen LogP contribution < -0.4 is 10.6 Å². The number of nitrogens with one attached hydrogen (secondary N) is 2. The van der Waals surface area contributed by atoms with Crippen molar-refractivity contribution in [2.75, 3.05) is 32.1 Å². The summed E-state index contributed by atoms with van der Waals surface area (Å²) in [6.07, 6.45) is 0.442. The first-order valence-corrected chi connectivity index (χ1v) is 8.30. The molecule has 116 valence electrons. The van der Waals surface area contributed by atoms with Crippen molar-refractivity contribution >= 4 is 17.7 Å². The highest BCUT2D eigenvalue weighted by Crippen LogP contribution is 2.14. The molecule has 1 aliphatic rings. The minimum absolute atomic E-state index is 0.0319. The molecule has 1 aromatic rings. The van der Waals surface area contributed by atoms with Gasteiger partial charge in [-0.15, -0.1) is 0 Å². The van der Waals surface area contributed by atoms with Crippen molar-refractivity contribution in [1.29, 1.82) is 0 Å². The summed E-state index contributed by atoms with van der Waals surface area (Å²) in [5.41, 5.74) is 0.706. The maximum atomic E-state index is 13.4. The minimum atomic E-state index is -0.169. The number of amides is 1. The van der Waals surface area contributed by atoms with Crippen LogP contribution in [0, 0.1) is 5.82 Å². The van der Waals surface area contributed by atoms with Crippen LogP contribution in [0.3, 0.4) is 0 Å². The number of benzene rings is 1. The first kappa shape index (κ1) is 16.3. The second kappa shape index (κ2) is 9.02. The van der Waals surface area contributed by atoms with Crippen molar-refractivity contribution in [2.45, 2.75) is 18.2 Å². The highest BCUT2D eigenvalue weighted by Gasteiger charge is 2.16. The largest absolute Gasteiger partial charge is 0.378 e. The molecule has 1 aliphatic heterocycles. The van der Waals surface area contributed by atoms with Gasteiger partial charge in [-0.3, -0.25) is 4.79 Å². The van der Waals surface area contributed by atoms with E-state index in [-0.39, 0.29) is 17.8 Å². The van der Waals surface area contributed by atoms with Gasteiger partial charge in [-0.2, -0.15) is 11.8 Å². The van der Waals surface area contributed by atoms with Gasteiger partial charge in [0.25, 0.3) is 0 Å². The summed E-state index contributed by atoms with van der Waals surface area (Å²) in [5, 5.41) is 6.13. The Morgan fingerprint density at radius 2 is 2.33 bits per heavy atom. The lowest BCUT2D eigenvalue weighted by Gasteiger charge is -2.23. The van der Waals surface area contributed by atoms with Crippen molar-refractivity contribution in [2.24, 2.45) is 0 Å². The van der Waals surface area contributed by atoms with Crippen LogP contribution in [-0.2, 0) is 15.3 Å². The van der Waals surface area contributed by atoms with E-state index in [4.69, 9.17) is 4.74 Å². The van der Waals surface area contributed by atoms with E-state index >= 15 is 0 Å². The van der Waals surface area contributed by atoms with Crippen molar-refractivity contribution in [1.82, 2.24) is 10.6 Å². The summed E-state index contributed by atoms with van der Waals surface area (Å²) in [7, 11) is 0. The Labute approximate surface area is 128 Å². The highest BCUT2D eigenvalue weighted by atomic mass is 32.2. The number of carbonyl (C=O) groups excluding carboxylic acids is 1. The molecular formula is C15H21FN2O2S. The van der Waals surface area contributed by atoms with Crippen LogP contribution >= 0.6 is 11.8 Å². The second-order valence-corrected chi connectivity index (χ2v) is 6.03. The number of hydrogen-bond donors (Lipinski definition) is 2. The maximum absolute atomic E-state index is 13.4. The van der Waals surface area contributed by atoms with Crippen LogP contribution in [0.15, 0.2) is 24.3 Å². The number of morpholine rings is 1. The highest BCUT2D eigenvalue weighted by molar-refractivity contribution is 7.98. The number of hydrogen-bond acceptors (Lipinski definition) is 4. The lowest BCUT2D eigenvalue weighted by molar-refractivity contribution is -0.122. The molecule has 0 bridgehead atoms. The molecule has 0 spiro atoms. The van der Waals surface area contributed by atoms with Crippen LogP contribution in [0.25, 0.3) is 0 Å². The molecule has 1 unspecified atom stereocenters. The van der Waals surface area contributed by atoms with Crippen LogP contribution in [0.5, 0.6) is 0 Å². The summed E-state index contributed by atoms with van der Waals surface area (Å²) in [6.45, 7) is 2.71. The molecule has 4 nitrogen and oxygen atoms in total. The SMILES string of the molecule is O=C(CC1COCCN1)NCCSCc1ccccc1F. The fourth-order valence-electron chi connectivity index (χ4n) is 2.11. The first-order valence-electron chi connectivity index (χ1n) is 7.14. The van der Waals surface area contributed by atoms with Gasteiger partial charge in [0.1, 0.15) is 5.82 Å². The van der Waals surface area contributed by atoms with Gasteiger partial charge >= 0.3 is 0 Å². The quantitative estimate of drug-likeness (QED) is 0.750. The molecule has 2 rings (SSSR count).